The summed E-state index contributed by atoms with van der Waals surface area (Å²) in [5.74, 6) is -0.580. The fraction of sp³-hybridized carbons (Fsp3) is 0.875. The van der Waals surface area contributed by atoms with E-state index in [0.29, 0.717) is 0 Å². The maximum atomic E-state index is 11.0. The van der Waals surface area contributed by atoms with Gasteiger partial charge in [0.15, 0.2) is 0 Å². The van der Waals surface area contributed by atoms with Crippen LogP contribution in [-0.4, -0.2) is 29.8 Å². The molecular formula is C8H18ClNO3. The third kappa shape index (κ3) is 5.08. The zero-order valence-electron chi connectivity index (χ0n) is 8.19. The number of aliphatic hydroxyl groups excluding tert-OH is 1. The van der Waals surface area contributed by atoms with Crippen molar-refractivity contribution in [3.05, 3.63) is 0 Å². The molecule has 0 radical (unpaired) electrons. The monoisotopic (exact) mass is 211 g/mol. The first-order chi connectivity index (χ1) is 5.50. The van der Waals surface area contributed by atoms with Crippen LogP contribution in [0.3, 0.4) is 0 Å². The molecule has 0 aromatic carbocycles. The number of hydrogen-bond acceptors (Lipinski definition) is 4. The van der Waals surface area contributed by atoms with E-state index in [4.69, 9.17) is 5.73 Å². The highest BCUT2D eigenvalue weighted by molar-refractivity contribution is 5.85. The quantitative estimate of drug-likeness (QED) is 0.657. The lowest BCUT2D eigenvalue weighted by molar-refractivity contribution is -0.148. The van der Waals surface area contributed by atoms with Gasteiger partial charge in [-0.2, -0.15) is 0 Å². The molecule has 0 bridgehead atoms. The Morgan fingerprint density at radius 3 is 2.31 bits per heavy atom. The lowest BCUT2D eigenvalue weighted by atomic mass is 10.0. The molecule has 0 aliphatic rings. The van der Waals surface area contributed by atoms with Crippen LogP contribution in [0, 0.1) is 5.92 Å². The van der Waals surface area contributed by atoms with Crippen LogP contribution < -0.4 is 5.73 Å². The van der Waals surface area contributed by atoms with Gasteiger partial charge in [-0.3, -0.25) is 4.79 Å². The van der Waals surface area contributed by atoms with Gasteiger partial charge in [0.05, 0.1) is 12.7 Å². The SMILES string of the molecule is CCOC(=O)[C@@H](N)C(O)C(C)C.Cl. The standard InChI is InChI=1S/C8H17NO3.ClH/c1-4-12-8(11)6(9)7(10)5(2)3;/h5-7,10H,4,9H2,1-3H3;1H/t6-,7?;/m0./s1. The Balaban J connectivity index is 0. The predicted molar refractivity (Wildman–Crippen MR) is 52.7 cm³/mol. The fourth-order valence-electron chi connectivity index (χ4n) is 0.793. The van der Waals surface area contributed by atoms with E-state index >= 15 is 0 Å². The maximum Gasteiger partial charge on any atom is 0.325 e. The molecule has 0 aliphatic heterocycles. The first kappa shape index (κ1) is 15.2. The van der Waals surface area contributed by atoms with E-state index in [0.717, 1.165) is 0 Å². The fourth-order valence-corrected chi connectivity index (χ4v) is 0.793. The molecule has 4 nitrogen and oxygen atoms in total. The Bertz CT molecular complexity index is 152. The molecule has 0 aromatic heterocycles. The van der Waals surface area contributed by atoms with E-state index in [-0.39, 0.29) is 24.9 Å². The van der Waals surface area contributed by atoms with Crippen molar-refractivity contribution < 1.29 is 14.6 Å². The van der Waals surface area contributed by atoms with Gasteiger partial charge in [-0.1, -0.05) is 13.8 Å². The molecule has 3 N–H and O–H groups in total. The van der Waals surface area contributed by atoms with E-state index in [1.807, 2.05) is 0 Å². The summed E-state index contributed by atoms with van der Waals surface area (Å²) < 4.78 is 4.65. The minimum Gasteiger partial charge on any atom is -0.465 e. The molecule has 0 rings (SSSR count). The molecule has 0 fully saturated rings. The molecule has 1 unspecified atom stereocenters. The smallest absolute Gasteiger partial charge is 0.325 e. The molecule has 0 saturated carbocycles. The summed E-state index contributed by atoms with van der Waals surface area (Å²) >= 11 is 0. The van der Waals surface area contributed by atoms with Crippen molar-refractivity contribution in [2.45, 2.75) is 32.9 Å². The molecule has 0 aromatic rings. The third-order valence-electron chi connectivity index (χ3n) is 1.61. The van der Waals surface area contributed by atoms with Crippen LogP contribution in [0.25, 0.3) is 0 Å². The van der Waals surface area contributed by atoms with E-state index in [9.17, 15) is 9.90 Å². The largest absolute Gasteiger partial charge is 0.465 e. The van der Waals surface area contributed by atoms with E-state index in [1.54, 1.807) is 20.8 Å². The second-order valence-corrected chi connectivity index (χ2v) is 3.01. The number of carbonyl (C=O) groups excluding carboxylic acids is 1. The van der Waals surface area contributed by atoms with Gasteiger partial charge in [-0.05, 0) is 12.8 Å². The second-order valence-electron chi connectivity index (χ2n) is 3.01. The number of halogens is 1. The van der Waals surface area contributed by atoms with Crippen LogP contribution in [0.5, 0.6) is 0 Å². The molecule has 2 atom stereocenters. The van der Waals surface area contributed by atoms with Crippen molar-refractivity contribution in [2.75, 3.05) is 6.61 Å². The van der Waals surface area contributed by atoms with Crippen LogP contribution in [0.2, 0.25) is 0 Å². The first-order valence-corrected chi connectivity index (χ1v) is 4.11. The van der Waals surface area contributed by atoms with Gasteiger partial charge in [0.25, 0.3) is 0 Å². The van der Waals surface area contributed by atoms with Crippen molar-refractivity contribution >= 4 is 18.4 Å². The number of carbonyl (C=O) groups is 1. The summed E-state index contributed by atoms with van der Waals surface area (Å²) in [6.45, 7) is 5.58. The Kier molecular flexibility index (Phi) is 8.30. The van der Waals surface area contributed by atoms with Crippen LogP contribution >= 0.6 is 12.4 Å². The summed E-state index contributed by atoms with van der Waals surface area (Å²) in [7, 11) is 0. The van der Waals surface area contributed by atoms with E-state index in [1.165, 1.54) is 0 Å². The zero-order valence-corrected chi connectivity index (χ0v) is 9.00. The summed E-state index contributed by atoms with van der Waals surface area (Å²) in [5, 5.41) is 9.37. The Hall–Kier alpha value is -0.320. The van der Waals surface area contributed by atoms with Crippen molar-refractivity contribution in [1.29, 1.82) is 0 Å². The summed E-state index contributed by atoms with van der Waals surface area (Å²) in [5.41, 5.74) is 5.42. The average molecular weight is 212 g/mol. The lowest BCUT2D eigenvalue weighted by Crippen LogP contribution is -2.45. The molecule has 0 saturated heterocycles. The highest BCUT2D eigenvalue weighted by Gasteiger charge is 2.25. The molecule has 80 valence electrons. The topological polar surface area (TPSA) is 72.5 Å². The number of rotatable bonds is 4. The van der Waals surface area contributed by atoms with Gasteiger partial charge in [-0.25, -0.2) is 0 Å². The number of aliphatic hydroxyl groups is 1. The van der Waals surface area contributed by atoms with Gasteiger partial charge in [0.2, 0.25) is 0 Å². The molecule has 0 aliphatic carbocycles. The van der Waals surface area contributed by atoms with E-state index in [2.05, 4.69) is 4.74 Å². The number of ether oxygens (including phenoxy) is 1. The van der Waals surface area contributed by atoms with Gasteiger partial charge < -0.3 is 15.6 Å². The Morgan fingerprint density at radius 1 is 1.54 bits per heavy atom. The minimum absolute atomic E-state index is 0. The highest BCUT2D eigenvalue weighted by atomic mass is 35.5. The molecular weight excluding hydrogens is 194 g/mol. The highest BCUT2D eigenvalue weighted by Crippen LogP contribution is 2.05. The van der Waals surface area contributed by atoms with Crippen LogP contribution in [0.1, 0.15) is 20.8 Å². The van der Waals surface area contributed by atoms with Crippen molar-refractivity contribution in [3.63, 3.8) is 0 Å². The van der Waals surface area contributed by atoms with Gasteiger partial charge in [0.1, 0.15) is 6.04 Å². The van der Waals surface area contributed by atoms with Crippen molar-refractivity contribution in [1.82, 2.24) is 0 Å². The lowest BCUT2D eigenvalue weighted by Gasteiger charge is -2.19. The van der Waals surface area contributed by atoms with E-state index < -0.39 is 18.1 Å². The first-order valence-electron chi connectivity index (χ1n) is 4.11. The number of esters is 1. The molecule has 0 spiro atoms. The number of nitrogens with two attached hydrogens (primary N) is 1. The van der Waals surface area contributed by atoms with Gasteiger partial charge in [-0.15, -0.1) is 12.4 Å². The normalized spacial score (nSPS) is 14.6. The van der Waals surface area contributed by atoms with Crippen LogP contribution in [0.4, 0.5) is 0 Å². The zero-order chi connectivity index (χ0) is 9.72. The molecule has 13 heavy (non-hydrogen) atoms. The average Bonchev–Trinajstić information content (AvgIpc) is 2.02. The molecule has 0 heterocycles. The summed E-state index contributed by atoms with van der Waals surface area (Å²) in [6.07, 6.45) is -0.830. The number of hydrogen-bond donors (Lipinski definition) is 2. The Morgan fingerprint density at radius 2 is 2.00 bits per heavy atom. The second kappa shape index (κ2) is 7.12. The Labute approximate surface area is 84.9 Å². The third-order valence-corrected chi connectivity index (χ3v) is 1.61. The van der Waals surface area contributed by atoms with Gasteiger partial charge in [0, 0.05) is 0 Å². The van der Waals surface area contributed by atoms with Crippen molar-refractivity contribution in [3.8, 4) is 0 Å². The van der Waals surface area contributed by atoms with Crippen molar-refractivity contribution in [2.24, 2.45) is 11.7 Å². The van der Waals surface area contributed by atoms with Crippen LogP contribution in [-0.2, 0) is 9.53 Å². The minimum atomic E-state index is -0.926. The maximum absolute atomic E-state index is 11.0. The summed E-state index contributed by atoms with van der Waals surface area (Å²) in [4.78, 5) is 11.0. The summed E-state index contributed by atoms with van der Waals surface area (Å²) in [6, 6.07) is -0.926. The molecule has 5 heteroatoms. The predicted octanol–water partition coefficient (Wildman–Crippen LogP) is 0.315. The van der Waals surface area contributed by atoms with Gasteiger partial charge >= 0.3 is 5.97 Å². The van der Waals surface area contributed by atoms with Crippen LogP contribution in [0.15, 0.2) is 0 Å². The molecule has 0 amide bonds.